The Bertz CT molecular complexity index is 1220. The third-order valence-electron chi connectivity index (χ3n) is 7.01. The van der Waals surface area contributed by atoms with Gasteiger partial charge in [0.1, 0.15) is 17.6 Å². The molecule has 0 radical (unpaired) electrons. The minimum atomic E-state index is -0.743. The SMILES string of the molecule is Cc1cc(OCC(=O)N(Cc2ccc(F)cc2)C(Cc2ccccc2)C(=O)NC2CCCC2)cc(C)c1Br. The Kier molecular flexibility index (Phi) is 9.56. The third kappa shape index (κ3) is 7.44. The smallest absolute Gasteiger partial charge is 0.261 e. The Morgan fingerprint density at radius 3 is 2.26 bits per heavy atom. The number of halogens is 2. The van der Waals surface area contributed by atoms with Crippen molar-refractivity contribution in [1.82, 2.24) is 10.2 Å². The first-order chi connectivity index (χ1) is 18.3. The molecule has 2 amide bonds. The number of carbonyl (C=O) groups excluding carboxylic acids is 2. The number of carbonyl (C=O) groups is 2. The van der Waals surface area contributed by atoms with E-state index in [0.29, 0.717) is 12.2 Å². The molecule has 38 heavy (non-hydrogen) atoms. The average Bonchev–Trinajstić information content (AvgIpc) is 3.42. The van der Waals surface area contributed by atoms with Crippen LogP contribution in [0.15, 0.2) is 71.2 Å². The highest BCUT2D eigenvalue weighted by atomic mass is 79.9. The van der Waals surface area contributed by atoms with Crippen LogP contribution >= 0.6 is 15.9 Å². The summed E-state index contributed by atoms with van der Waals surface area (Å²) in [6.45, 7) is 3.88. The van der Waals surface area contributed by atoms with Gasteiger partial charge < -0.3 is 15.0 Å². The molecule has 1 N–H and O–H groups in total. The monoisotopic (exact) mass is 580 g/mol. The summed E-state index contributed by atoms with van der Waals surface area (Å²) >= 11 is 3.56. The fourth-order valence-corrected chi connectivity index (χ4v) is 5.15. The quantitative estimate of drug-likeness (QED) is 0.307. The lowest BCUT2D eigenvalue weighted by Crippen LogP contribution is -2.53. The topological polar surface area (TPSA) is 58.6 Å². The van der Waals surface area contributed by atoms with E-state index >= 15 is 0 Å². The van der Waals surface area contributed by atoms with Gasteiger partial charge in [-0.25, -0.2) is 4.39 Å². The van der Waals surface area contributed by atoms with Crippen molar-refractivity contribution >= 4 is 27.7 Å². The van der Waals surface area contributed by atoms with Crippen LogP contribution in [0.4, 0.5) is 4.39 Å². The average molecular weight is 582 g/mol. The summed E-state index contributed by atoms with van der Waals surface area (Å²) in [6, 6.07) is 18.9. The van der Waals surface area contributed by atoms with E-state index in [-0.39, 0.29) is 36.8 Å². The number of nitrogens with one attached hydrogen (secondary N) is 1. The second kappa shape index (κ2) is 13.1. The first kappa shape index (κ1) is 27.8. The number of hydrogen-bond acceptors (Lipinski definition) is 3. The number of aryl methyl sites for hydroxylation is 2. The van der Waals surface area contributed by atoms with E-state index in [1.807, 2.05) is 56.3 Å². The van der Waals surface area contributed by atoms with Crippen LogP contribution in [0.5, 0.6) is 5.75 Å². The lowest BCUT2D eigenvalue weighted by Gasteiger charge is -2.32. The molecule has 200 valence electrons. The minimum Gasteiger partial charge on any atom is -0.484 e. The molecule has 1 unspecified atom stereocenters. The molecule has 1 aliphatic carbocycles. The summed E-state index contributed by atoms with van der Waals surface area (Å²) in [4.78, 5) is 29.0. The Labute approximate surface area is 232 Å². The Balaban J connectivity index is 1.61. The molecule has 0 aromatic heterocycles. The van der Waals surface area contributed by atoms with Gasteiger partial charge in [-0.3, -0.25) is 9.59 Å². The van der Waals surface area contributed by atoms with Crippen molar-refractivity contribution < 1.29 is 18.7 Å². The van der Waals surface area contributed by atoms with Crippen LogP contribution < -0.4 is 10.1 Å². The van der Waals surface area contributed by atoms with Gasteiger partial charge in [0.05, 0.1) is 0 Å². The zero-order valence-electron chi connectivity index (χ0n) is 21.9. The number of amides is 2. The van der Waals surface area contributed by atoms with Crippen LogP contribution in [0.1, 0.15) is 47.9 Å². The largest absolute Gasteiger partial charge is 0.484 e. The highest BCUT2D eigenvalue weighted by Crippen LogP contribution is 2.27. The molecule has 0 saturated heterocycles. The van der Waals surface area contributed by atoms with E-state index in [9.17, 15) is 14.0 Å². The molecular formula is C31H34BrFN2O3. The standard InChI is InChI=1S/C31H34BrFN2O3/c1-21-16-27(17-22(2)30(21)32)38-20-29(36)35(19-24-12-14-25(33)15-13-24)28(18-23-8-4-3-5-9-23)31(37)34-26-10-6-7-11-26/h3-5,8-9,12-17,26,28H,6-7,10-11,18-20H2,1-2H3,(H,34,37). The molecular weight excluding hydrogens is 547 g/mol. The number of ether oxygens (including phenoxy) is 1. The molecule has 1 aliphatic rings. The third-order valence-corrected chi connectivity index (χ3v) is 8.26. The van der Waals surface area contributed by atoms with Gasteiger partial charge in [0.2, 0.25) is 5.91 Å². The van der Waals surface area contributed by atoms with Crippen LogP contribution in [-0.2, 0) is 22.6 Å². The lowest BCUT2D eigenvalue weighted by molar-refractivity contribution is -0.143. The van der Waals surface area contributed by atoms with Crippen LogP contribution in [0.3, 0.4) is 0 Å². The molecule has 0 heterocycles. The highest BCUT2D eigenvalue weighted by Gasteiger charge is 2.32. The van der Waals surface area contributed by atoms with Crippen LogP contribution in [0, 0.1) is 19.7 Å². The summed E-state index contributed by atoms with van der Waals surface area (Å²) in [6.07, 6.45) is 4.43. The predicted octanol–water partition coefficient (Wildman–Crippen LogP) is 6.28. The summed E-state index contributed by atoms with van der Waals surface area (Å²) in [5, 5.41) is 3.19. The molecule has 4 rings (SSSR count). The van der Waals surface area contributed by atoms with Crippen molar-refractivity contribution in [2.75, 3.05) is 6.61 Å². The molecule has 1 atom stereocenters. The first-order valence-electron chi connectivity index (χ1n) is 13.1. The number of hydrogen-bond donors (Lipinski definition) is 1. The number of benzene rings is 3. The Morgan fingerprint density at radius 2 is 1.63 bits per heavy atom. The van der Waals surface area contributed by atoms with Crippen LogP contribution in [0.2, 0.25) is 0 Å². The van der Waals surface area contributed by atoms with Crippen molar-refractivity contribution in [2.45, 2.75) is 64.6 Å². The molecule has 0 spiro atoms. The molecule has 0 bridgehead atoms. The first-order valence-corrected chi connectivity index (χ1v) is 13.9. The van der Waals surface area contributed by atoms with Gasteiger partial charge in [-0.2, -0.15) is 0 Å². The molecule has 3 aromatic carbocycles. The van der Waals surface area contributed by atoms with E-state index in [1.54, 1.807) is 17.0 Å². The summed E-state index contributed by atoms with van der Waals surface area (Å²) in [7, 11) is 0. The molecule has 5 nitrogen and oxygen atoms in total. The summed E-state index contributed by atoms with van der Waals surface area (Å²) in [5.74, 6) is -0.245. The van der Waals surface area contributed by atoms with E-state index < -0.39 is 6.04 Å². The van der Waals surface area contributed by atoms with E-state index in [1.165, 1.54) is 12.1 Å². The Morgan fingerprint density at radius 1 is 1.00 bits per heavy atom. The fourth-order valence-electron chi connectivity index (χ4n) is 4.93. The second-order valence-electron chi connectivity index (χ2n) is 10.0. The maximum atomic E-state index is 13.7. The van der Waals surface area contributed by atoms with E-state index in [0.717, 1.165) is 52.4 Å². The normalized spacial score (nSPS) is 14.2. The summed E-state index contributed by atoms with van der Waals surface area (Å²) < 4.78 is 20.6. The van der Waals surface area contributed by atoms with Gasteiger partial charge in [-0.05, 0) is 73.2 Å². The molecule has 0 aliphatic heterocycles. The van der Waals surface area contributed by atoms with Crippen molar-refractivity contribution in [1.29, 1.82) is 0 Å². The summed E-state index contributed by atoms with van der Waals surface area (Å²) in [5.41, 5.74) is 3.71. The molecule has 1 saturated carbocycles. The van der Waals surface area contributed by atoms with Crippen LogP contribution in [-0.4, -0.2) is 35.4 Å². The zero-order valence-corrected chi connectivity index (χ0v) is 23.5. The van der Waals surface area contributed by atoms with Gasteiger partial charge in [0.15, 0.2) is 6.61 Å². The second-order valence-corrected chi connectivity index (χ2v) is 10.8. The molecule has 7 heteroatoms. The van der Waals surface area contributed by atoms with Gasteiger partial charge in [-0.1, -0.05) is 71.2 Å². The lowest BCUT2D eigenvalue weighted by atomic mass is 10.0. The maximum absolute atomic E-state index is 13.7. The number of nitrogens with zero attached hydrogens (tertiary/aromatic N) is 1. The van der Waals surface area contributed by atoms with Gasteiger partial charge >= 0.3 is 0 Å². The van der Waals surface area contributed by atoms with Gasteiger partial charge in [-0.15, -0.1) is 0 Å². The predicted molar refractivity (Wildman–Crippen MR) is 150 cm³/mol. The van der Waals surface area contributed by atoms with E-state index in [2.05, 4.69) is 21.2 Å². The van der Waals surface area contributed by atoms with Crippen molar-refractivity contribution in [3.8, 4) is 5.75 Å². The number of rotatable bonds is 10. The van der Waals surface area contributed by atoms with Gasteiger partial charge in [0.25, 0.3) is 5.91 Å². The molecule has 1 fully saturated rings. The molecule has 3 aromatic rings. The Hall–Kier alpha value is -3.19. The van der Waals surface area contributed by atoms with Crippen molar-refractivity contribution in [3.05, 3.63) is 99.3 Å². The fraction of sp³-hybridized carbons (Fsp3) is 0.355. The zero-order chi connectivity index (χ0) is 27.1. The minimum absolute atomic E-state index is 0.119. The van der Waals surface area contributed by atoms with E-state index in [4.69, 9.17) is 4.74 Å². The van der Waals surface area contributed by atoms with Crippen molar-refractivity contribution in [2.24, 2.45) is 0 Å². The maximum Gasteiger partial charge on any atom is 0.261 e. The van der Waals surface area contributed by atoms with Crippen LogP contribution in [0.25, 0.3) is 0 Å². The highest BCUT2D eigenvalue weighted by molar-refractivity contribution is 9.10. The van der Waals surface area contributed by atoms with Gasteiger partial charge in [0, 0.05) is 23.5 Å². The van der Waals surface area contributed by atoms with Crippen molar-refractivity contribution in [3.63, 3.8) is 0 Å².